The van der Waals surface area contributed by atoms with Crippen molar-refractivity contribution in [3.8, 4) is 0 Å². The van der Waals surface area contributed by atoms with Gasteiger partial charge in [-0.3, -0.25) is 4.79 Å². The molecule has 0 fully saturated rings. The quantitative estimate of drug-likeness (QED) is 0.666. The first kappa shape index (κ1) is 17.5. The Morgan fingerprint density at radius 2 is 1.95 bits per heavy atom. The lowest BCUT2D eigenvalue weighted by Gasteiger charge is -2.18. The van der Waals surface area contributed by atoms with E-state index in [4.69, 9.17) is 23.2 Å². The lowest BCUT2D eigenvalue weighted by atomic mass is 10.0. The Hall–Kier alpha value is -1.52. The highest BCUT2D eigenvalue weighted by Crippen LogP contribution is 2.21. The second-order valence-electron chi connectivity index (χ2n) is 4.75. The Balaban J connectivity index is 2.76. The molecule has 6 heteroatoms. The van der Waals surface area contributed by atoms with Crippen molar-refractivity contribution in [3.05, 3.63) is 39.9 Å². The summed E-state index contributed by atoms with van der Waals surface area (Å²) in [6.07, 6.45) is 2.87. The lowest BCUT2D eigenvalue weighted by molar-refractivity contribution is -0.145. The molecule has 0 spiro atoms. The maximum absolute atomic E-state index is 11.9. The fraction of sp³-hybridized carbons (Fsp3) is 0.333. The molecule has 0 unspecified atom stereocenters. The zero-order valence-corrected chi connectivity index (χ0v) is 13.5. The molecule has 21 heavy (non-hydrogen) atoms. The van der Waals surface area contributed by atoms with E-state index in [9.17, 15) is 9.59 Å². The molecule has 0 aliphatic heterocycles. The van der Waals surface area contributed by atoms with E-state index in [1.54, 1.807) is 24.3 Å². The summed E-state index contributed by atoms with van der Waals surface area (Å²) in [5.74, 6) is -0.949. The van der Waals surface area contributed by atoms with Crippen LogP contribution in [0.5, 0.6) is 0 Å². The topological polar surface area (TPSA) is 55.4 Å². The predicted molar refractivity (Wildman–Crippen MR) is 84.3 cm³/mol. The molecule has 0 saturated carbocycles. The van der Waals surface area contributed by atoms with E-state index in [1.807, 2.05) is 13.8 Å². The summed E-state index contributed by atoms with van der Waals surface area (Å²) in [5, 5.41) is 3.56. The molecule has 0 aliphatic rings. The van der Waals surface area contributed by atoms with Crippen LogP contribution < -0.4 is 5.32 Å². The highest BCUT2D eigenvalue weighted by molar-refractivity contribution is 6.35. The number of nitrogens with one attached hydrogen (secondary N) is 1. The number of ether oxygens (including phenoxy) is 1. The van der Waals surface area contributed by atoms with Gasteiger partial charge in [0.1, 0.15) is 6.04 Å². The third-order valence-electron chi connectivity index (χ3n) is 2.80. The van der Waals surface area contributed by atoms with E-state index in [0.29, 0.717) is 15.6 Å². The summed E-state index contributed by atoms with van der Waals surface area (Å²) >= 11 is 11.8. The van der Waals surface area contributed by atoms with E-state index < -0.39 is 17.9 Å². The first-order chi connectivity index (χ1) is 9.85. The zero-order chi connectivity index (χ0) is 16.0. The van der Waals surface area contributed by atoms with Crippen molar-refractivity contribution in [2.75, 3.05) is 7.11 Å². The average molecular weight is 330 g/mol. The number of hydrogen-bond donors (Lipinski definition) is 1. The van der Waals surface area contributed by atoms with E-state index in [0.717, 1.165) is 0 Å². The predicted octanol–water partition coefficient (Wildman–Crippen LogP) is 3.32. The van der Waals surface area contributed by atoms with Crippen molar-refractivity contribution >= 4 is 41.2 Å². The molecule has 1 rings (SSSR count). The maximum atomic E-state index is 11.9. The van der Waals surface area contributed by atoms with Gasteiger partial charge in [-0.15, -0.1) is 0 Å². The van der Waals surface area contributed by atoms with Crippen LogP contribution in [0.25, 0.3) is 6.08 Å². The van der Waals surface area contributed by atoms with Crippen molar-refractivity contribution in [2.45, 2.75) is 19.9 Å². The minimum Gasteiger partial charge on any atom is -0.467 e. The van der Waals surface area contributed by atoms with E-state index in [1.165, 1.54) is 13.2 Å². The molecular weight excluding hydrogens is 313 g/mol. The molecule has 114 valence electrons. The fourth-order valence-electron chi connectivity index (χ4n) is 1.63. The van der Waals surface area contributed by atoms with Crippen LogP contribution in [0.1, 0.15) is 19.4 Å². The molecule has 4 nitrogen and oxygen atoms in total. The summed E-state index contributed by atoms with van der Waals surface area (Å²) in [5.41, 5.74) is 0.662. The van der Waals surface area contributed by atoms with Gasteiger partial charge in [-0.2, -0.15) is 0 Å². The number of methoxy groups -OCH3 is 1. The van der Waals surface area contributed by atoms with Gasteiger partial charge in [0.15, 0.2) is 0 Å². The molecule has 0 aliphatic carbocycles. The Morgan fingerprint density at radius 3 is 2.48 bits per heavy atom. The Morgan fingerprint density at radius 1 is 1.29 bits per heavy atom. The number of hydrogen-bond acceptors (Lipinski definition) is 3. The Kier molecular flexibility index (Phi) is 6.72. The van der Waals surface area contributed by atoms with Crippen LogP contribution in [0.4, 0.5) is 0 Å². The van der Waals surface area contributed by atoms with E-state index in [2.05, 4.69) is 10.1 Å². The lowest BCUT2D eigenvalue weighted by Crippen LogP contribution is -2.44. The van der Waals surface area contributed by atoms with Gasteiger partial charge in [-0.05, 0) is 29.7 Å². The van der Waals surface area contributed by atoms with Crippen molar-refractivity contribution in [1.29, 1.82) is 0 Å². The van der Waals surface area contributed by atoms with Crippen LogP contribution in [0.2, 0.25) is 10.0 Å². The standard InChI is InChI=1S/C15H17Cl2NO3/c1-9(2)14(15(20)21-3)18-13(19)7-5-10-4-6-11(16)8-12(10)17/h4-9,14H,1-3H3,(H,18,19)/b7-5+/t14-/m0/s1. The summed E-state index contributed by atoms with van der Waals surface area (Å²) in [4.78, 5) is 23.4. The largest absolute Gasteiger partial charge is 0.467 e. The van der Waals surface area contributed by atoms with Gasteiger partial charge in [-0.25, -0.2) is 4.79 Å². The maximum Gasteiger partial charge on any atom is 0.328 e. The van der Waals surface area contributed by atoms with Gasteiger partial charge in [0.05, 0.1) is 7.11 Å². The van der Waals surface area contributed by atoms with Crippen LogP contribution >= 0.6 is 23.2 Å². The van der Waals surface area contributed by atoms with Crippen LogP contribution in [-0.2, 0) is 14.3 Å². The monoisotopic (exact) mass is 329 g/mol. The van der Waals surface area contributed by atoms with Crippen molar-refractivity contribution in [1.82, 2.24) is 5.32 Å². The Bertz CT molecular complexity index is 556. The van der Waals surface area contributed by atoms with E-state index >= 15 is 0 Å². The van der Waals surface area contributed by atoms with Crippen molar-refractivity contribution < 1.29 is 14.3 Å². The molecule has 1 aromatic rings. The molecule has 1 N–H and O–H groups in total. The minimum atomic E-state index is -0.687. The highest BCUT2D eigenvalue weighted by atomic mass is 35.5. The van der Waals surface area contributed by atoms with Crippen LogP contribution in [0, 0.1) is 5.92 Å². The number of amides is 1. The summed E-state index contributed by atoms with van der Waals surface area (Å²) in [6, 6.07) is 4.28. The Labute approximate surface area is 134 Å². The number of halogens is 2. The number of rotatable bonds is 5. The SMILES string of the molecule is COC(=O)[C@@H](NC(=O)/C=C/c1ccc(Cl)cc1Cl)C(C)C. The molecule has 0 saturated heterocycles. The van der Waals surface area contributed by atoms with Gasteiger partial charge in [0.25, 0.3) is 0 Å². The van der Waals surface area contributed by atoms with Crippen molar-refractivity contribution in [2.24, 2.45) is 5.92 Å². The molecule has 0 aromatic heterocycles. The van der Waals surface area contributed by atoms with Crippen LogP contribution in [0.3, 0.4) is 0 Å². The summed E-state index contributed by atoms with van der Waals surface area (Å²) in [6.45, 7) is 3.64. The van der Waals surface area contributed by atoms with Gasteiger partial charge in [0.2, 0.25) is 5.91 Å². The van der Waals surface area contributed by atoms with Crippen LogP contribution in [0.15, 0.2) is 24.3 Å². The third-order valence-corrected chi connectivity index (χ3v) is 3.36. The van der Waals surface area contributed by atoms with Gasteiger partial charge in [0, 0.05) is 16.1 Å². The van der Waals surface area contributed by atoms with Crippen LogP contribution in [-0.4, -0.2) is 25.0 Å². The summed E-state index contributed by atoms with van der Waals surface area (Å²) < 4.78 is 4.66. The van der Waals surface area contributed by atoms with Gasteiger partial charge < -0.3 is 10.1 Å². The second-order valence-corrected chi connectivity index (χ2v) is 5.60. The number of carbonyl (C=O) groups excluding carboxylic acids is 2. The molecule has 0 radical (unpaired) electrons. The zero-order valence-electron chi connectivity index (χ0n) is 12.0. The molecule has 1 atom stereocenters. The minimum absolute atomic E-state index is 0.0751. The smallest absolute Gasteiger partial charge is 0.328 e. The molecular formula is C15H17Cl2NO3. The van der Waals surface area contributed by atoms with Gasteiger partial charge >= 0.3 is 5.97 Å². The average Bonchev–Trinajstić information content (AvgIpc) is 2.42. The normalized spacial score (nSPS) is 12.5. The van der Waals surface area contributed by atoms with Crippen molar-refractivity contribution in [3.63, 3.8) is 0 Å². The fourth-order valence-corrected chi connectivity index (χ4v) is 2.10. The molecule has 1 aromatic carbocycles. The molecule has 1 amide bonds. The van der Waals surface area contributed by atoms with Gasteiger partial charge in [-0.1, -0.05) is 43.1 Å². The third kappa shape index (κ3) is 5.40. The number of esters is 1. The second kappa shape index (κ2) is 8.05. The summed E-state index contributed by atoms with van der Waals surface area (Å²) in [7, 11) is 1.28. The molecule has 0 heterocycles. The van der Waals surface area contributed by atoms with E-state index in [-0.39, 0.29) is 5.92 Å². The molecule has 0 bridgehead atoms. The first-order valence-corrected chi connectivity index (χ1v) is 7.12. The number of carbonyl (C=O) groups is 2. The first-order valence-electron chi connectivity index (χ1n) is 6.36. The number of benzene rings is 1. The highest BCUT2D eigenvalue weighted by Gasteiger charge is 2.23.